The van der Waals surface area contributed by atoms with Gasteiger partial charge >= 0.3 is 23.9 Å². The van der Waals surface area contributed by atoms with Crippen LogP contribution in [0.15, 0.2) is 11.6 Å². The summed E-state index contributed by atoms with van der Waals surface area (Å²) in [6.07, 6.45) is 19.6. The average molecular weight is 477 g/mol. The smallest absolute Gasteiger partial charge is 0.341 e. The van der Waals surface area contributed by atoms with Gasteiger partial charge in [-0.3, -0.25) is 9.59 Å². The normalized spacial score (nSPS) is 20.7. The van der Waals surface area contributed by atoms with Gasteiger partial charge in [0.25, 0.3) is 0 Å². The van der Waals surface area contributed by atoms with Gasteiger partial charge < -0.3 is 9.47 Å². The first-order valence-corrected chi connectivity index (χ1v) is 13.7. The molecule has 0 bridgehead atoms. The molecular weight excluding hydrogens is 432 g/mol. The molecule has 0 aromatic carbocycles. The Morgan fingerprint density at radius 2 is 0.941 bits per heavy atom. The zero-order chi connectivity index (χ0) is 24.6. The first-order chi connectivity index (χ1) is 16.5. The molecule has 0 saturated heterocycles. The van der Waals surface area contributed by atoms with Crippen LogP contribution in [0.2, 0.25) is 0 Å². The number of hydrogen-bond acceptors (Lipinski definition) is 6. The van der Waals surface area contributed by atoms with Crippen LogP contribution in [0.25, 0.3) is 0 Å². The third kappa shape index (κ3) is 11.0. The Morgan fingerprint density at radius 1 is 0.588 bits per heavy atom. The molecule has 0 atom stereocenters. The van der Waals surface area contributed by atoms with Crippen LogP contribution in [0.4, 0.5) is 0 Å². The second-order valence-corrected chi connectivity index (χ2v) is 9.97. The van der Waals surface area contributed by atoms with Crippen LogP contribution in [0.3, 0.4) is 0 Å². The number of carbonyl (C=O) groups is 4. The molecule has 34 heavy (non-hydrogen) atoms. The summed E-state index contributed by atoms with van der Waals surface area (Å²) in [5.74, 6) is -3.24. The molecule has 0 aromatic heterocycles. The maximum atomic E-state index is 12.6. The van der Waals surface area contributed by atoms with Gasteiger partial charge in [0.15, 0.2) is 0 Å². The minimum absolute atomic E-state index is 0.0528. The summed E-state index contributed by atoms with van der Waals surface area (Å²) >= 11 is 0. The van der Waals surface area contributed by atoms with Gasteiger partial charge in [-0.25, -0.2) is 9.59 Å². The summed E-state index contributed by atoms with van der Waals surface area (Å²) in [6.45, 7) is 1.71. The Hall–Kier alpha value is -1.98. The summed E-state index contributed by atoms with van der Waals surface area (Å²) < 4.78 is 10.2. The predicted octanol–water partition coefficient (Wildman–Crippen LogP) is 6.74. The zero-order valence-corrected chi connectivity index (χ0v) is 21.1. The molecule has 0 N–H and O–H groups in total. The maximum Gasteiger partial charge on any atom is 0.341 e. The lowest BCUT2D eigenvalue weighted by atomic mass is 9.92. The van der Waals surface area contributed by atoms with Crippen LogP contribution < -0.4 is 0 Å². The van der Waals surface area contributed by atoms with E-state index in [9.17, 15) is 19.2 Å². The summed E-state index contributed by atoms with van der Waals surface area (Å²) in [5, 5.41) is 0. The number of hydrogen-bond donors (Lipinski definition) is 0. The standard InChI is InChI=1S/C28H44O6/c1-2-22(26(30)34-28(32)24-19-15-11-7-4-8-12-16-20-24)21-25(29)33-27(31)23-17-13-9-5-3-6-10-14-18-23/h21,23-24H,2-20H2,1H3/b22-21-. The van der Waals surface area contributed by atoms with Gasteiger partial charge in [0.05, 0.1) is 11.8 Å². The monoisotopic (exact) mass is 476 g/mol. The molecule has 192 valence electrons. The molecule has 2 aliphatic rings. The largest absolute Gasteiger partial charge is 0.390 e. The third-order valence-corrected chi connectivity index (χ3v) is 7.21. The van der Waals surface area contributed by atoms with Crippen LogP contribution >= 0.6 is 0 Å². The van der Waals surface area contributed by atoms with Crippen molar-refractivity contribution in [2.45, 2.75) is 129 Å². The molecule has 0 unspecified atom stereocenters. The van der Waals surface area contributed by atoms with E-state index in [1.165, 1.54) is 38.5 Å². The molecule has 0 amide bonds. The highest BCUT2D eigenvalue weighted by Gasteiger charge is 2.26. The fourth-order valence-electron chi connectivity index (χ4n) is 4.99. The Labute approximate surface area is 205 Å². The number of esters is 4. The highest BCUT2D eigenvalue weighted by Crippen LogP contribution is 2.24. The van der Waals surface area contributed by atoms with E-state index in [0.29, 0.717) is 0 Å². The van der Waals surface area contributed by atoms with Crippen LogP contribution in [0, 0.1) is 11.8 Å². The molecule has 2 aliphatic carbocycles. The van der Waals surface area contributed by atoms with Crippen LogP contribution in [-0.2, 0) is 28.7 Å². The summed E-state index contributed by atoms with van der Waals surface area (Å²) in [5.41, 5.74) is 0.0528. The SMILES string of the molecule is CC/C(=C/C(=O)OC(=O)C1CCCCCCCCC1)C(=O)OC(=O)C1CCCCCCCCC1. The van der Waals surface area contributed by atoms with Crippen molar-refractivity contribution in [3.05, 3.63) is 11.6 Å². The van der Waals surface area contributed by atoms with Crippen molar-refractivity contribution in [2.24, 2.45) is 11.8 Å². The van der Waals surface area contributed by atoms with Crippen LogP contribution in [-0.4, -0.2) is 23.9 Å². The molecule has 0 spiro atoms. The number of ether oxygens (including phenoxy) is 2. The summed E-state index contributed by atoms with van der Waals surface area (Å²) in [7, 11) is 0. The second-order valence-electron chi connectivity index (χ2n) is 9.97. The van der Waals surface area contributed by atoms with E-state index >= 15 is 0 Å². The van der Waals surface area contributed by atoms with Gasteiger partial charge in [-0.2, -0.15) is 0 Å². The summed E-state index contributed by atoms with van der Waals surface area (Å²) in [4.78, 5) is 50.2. The van der Waals surface area contributed by atoms with Crippen LogP contribution in [0.1, 0.15) is 129 Å². The van der Waals surface area contributed by atoms with Gasteiger partial charge in [0, 0.05) is 11.6 Å². The quantitative estimate of drug-likeness (QED) is 0.248. The summed E-state index contributed by atoms with van der Waals surface area (Å²) in [6, 6.07) is 0. The minimum atomic E-state index is -0.859. The topological polar surface area (TPSA) is 86.7 Å². The van der Waals surface area contributed by atoms with E-state index in [1.807, 2.05) is 0 Å². The van der Waals surface area contributed by atoms with Gasteiger partial charge in [0.1, 0.15) is 0 Å². The fourth-order valence-corrected chi connectivity index (χ4v) is 4.99. The van der Waals surface area contributed by atoms with E-state index in [1.54, 1.807) is 6.92 Å². The molecule has 2 saturated carbocycles. The fraction of sp³-hybridized carbons (Fsp3) is 0.786. The van der Waals surface area contributed by atoms with Gasteiger partial charge in [-0.15, -0.1) is 0 Å². The molecular formula is C28H44O6. The molecule has 0 aromatic rings. The zero-order valence-electron chi connectivity index (χ0n) is 21.1. The Balaban J connectivity index is 1.89. The maximum absolute atomic E-state index is 12.6. The van der Waals surface area contributed by atoms with E-state index < -0.39 is 23.9 Å². The second kappa shape index (κ2) is 16.6. The molecule has 0 aliphatic heterocycles. The third-order valence-electron chi connectivity index (χ3n) is 7.21. The van der Waals surface area contributed by atoms with Crippen molar-refractivity contribution in [3.63, 3.8) is 0 Å². The van der Waals surface area contributed by atoms with Crippen molar-refractivity contribution in [2.75, 3.05) is 0 Å². The highest BCUT2D eigenvalue weighted by atomic mass is 16.6. The number of carbonyl (C=O) groups excluding carboxylic acids is 4. The minimum Gasteiger partial charge on any atom is -0.390 e. The molecule has 0 heterocycles. The highest BCUT2D eigenvalue weighted by molar-refractivity contribution is 6.02. The Kier molecular flexibility index (Phi) is 13.8. The van der Waals surface area contributed by atoms with Crippen molar-refractivity contribution in [1.29, 1.82) is 0 Å². The lowest BCUT2D eigenvalue weighted by molar-refractivity contribution is -0.163. The first-order valence-electron chi connectivity index (χ1n) is 13.7. The number of rotatable bonds is 5. The molecule has 2 fully saturated rings. The van der Waals surface area contributed by atoms with Gasteiger partial charge in [-0.1, -0.05) is 96.8 Å². The molecule has 6 heteroatoms. The van der Waals surface area contributed by atoms with E-state index in [4.69, 9.17) is 9.47 Å². The van der Waals surface area contributed by atoms with Gasteiger partial charge in [0.2, 0.25) is 0 Å². The predicted molar refractivity (Wildman–Crippen MR) is 131 cm³/mol. The van der Waals surface area contributed by atoms with Gasteiger partial charge in [-0.05, 0) is 32.1 Å². The molecule has 0 radical (unpaired) electrons. The van der Waals surface area contributed by atoms with E-state index in [2.05, 4.69) is 0 Å². The van der Waals surface area contributed by atoms with Crippen molar-refractivity contribution in [1.82, 2.24) is 0 Å². The van der Waals surface area contributed by atoms with Crippen molar-refractivity contribution in [3.8, 4) is 0 Å². The average Bonchev–Trinajstić information content (AvgIpc) is 2.83. The Bertz CT molecular complexity index is 675. The van der Waals surface area contributed by atoms with E-state index in [-0.39, 0.29) is 23.8 Å². The van der Waals surface area contributed by atoms with Crippen LogP contribution in [0.5, 0.6) is 0 Å². The Morgan fingerprint density at radius 3 is 1.32 bits per heavy atom. The van der Waals surface area contributed by atoms with Crippen molar-refractivity contribution < 1.29 is 28.7 Å². The molecule has 2 rings (SSSR count). The van der Waals surface area contributed by atoms with E-state index in [0.717, 1.165) is 83.1 Å². The lowest BCUT2D eigenvalue weighted by Gasteiger charge is -2.17. The van der Waals surface area contributed by atoms with Crippen molar-refractivity contribution >= 4 is 23.9 Å². The first kappa shape index (κ1) is 28.3. The lowest BCUT2D eigenvalue weighted by Crippen LogP contribution is -2.24. The molecule has 6 nitrogen and oxygen atoms in total.